The highest BCUT2D eigenvalue weighted by Crippen LogP contribution is 2.34. The smallest absolute Gasteiger partial charge is 0.266 e. The van der Waals surface area contributed by atoms with Crippen LogP contribution in [0.25, 0.3) is 10.1 Å². The molecule has 0 aliphatic rings. The van der Waals surface area contributed by atoms with Gasteiger partial charge in [-0.05, 0) is 43.7 Å². The van der Waals surface area contributed by atoms with Crippen LogP contribution in [-0.2, 0) is 16.1 Å². The summed E-state index contributed by atoms with van der Waals surface area (Å²) in [5, 5.41) is 6.04. The van der Waals surface area contributed by atoms with Gasteiger partial charge in [0.2, 0.25) is 0 Å². The minimum absolute atomic E-state index is 0.119. The van der Waals surface area contributed by atoms with Crippen LogP contribution in [0.1, 0.15) is 38.9 Å². The zero-order valence-corrected chi connectivity index (χ0v) is 18.3. The van der Waals surface area contributed by atoms with Gasteiger partial charge < -0.3 is 20.1 Å². The van der Waals surface area contributed by atoms with E-state index >= 15 is 0 Å². The predicted octanol–water partition coefficient (Wildman–Crippen LogP) is 4.60. The highest BCUT2D eigenvalue weighted by molar-refractivity contribution is 7.21. The standard InChI is InChI=1S/C23H25FN2O4S/c1-3-30-12-6-11-25-22(27)15-7-4-8-16(13-15)26-23(28)21-17(14-29-2)20-18(24)9-5-10-19(20)31-21/h4-5,7-10,13H,3,6,11-12,14H2,1-2H3,(H,25,27)(H,26,28). The Balaban J connectivity index is 1.74. The van der Waals surface area contributed by atoms with Crippen molar-refractivity contribution in [1.29, 1.82) is 0 Å². The number of methoxy groups -OCH3 is 1. The van der Waals surface area contributed by atoms with Crippen molar-refractivity contribution in [3.05, 3.63) is 64.3 Å². The highest BCUT2D eigenvalue weighted by Gasteiger charge is 2.21. The van der Waals surface area contributed by atoms with Gasteiger partial charge in [-0.2, -0.15) is 0 Å². The maximum atomic E-state index is 14.4. The molecule has 2 aromatic carbocycles. The SMILES string of the molecule is CCOCCCNC(=O)c1cccc(NC(=O)c2sc3cccc(F)c3c2COC)c1. The number of hydrogen-bond acceptors (Lipinski definition) is 5. The molecule has 3 aromatic rings. The van der Waals surface area contributed by atoms with Gasteiger partial charge in [-0.3, -0.25) is 9.59 Å². The Morgan fingerprint density at radius 1 is 1.13 bits per heavy atom. The summed E-state index contributed by atoms with van der Waals surface area (Å²) >= 11 is 1.21. The van der Waals surface area contributed by atoms with Crippen LogP contribution in [-0.4, -0.2) is 38.7 Å². The summed E-state index contributed by atoms with van der Waals surface area (Å²) in [5.74, 6) is -0.985. The topological polar surface area (TPSA) is 76.7 Å². The molecule has 0 saturated heterocycles. The second-order valence-corrected chi connectivity index (χ2v) is 7.85. The third-order valence-electron chi connectivity index (χ3n) is 4.60. The molecule has 1 heterocycles. The van der Waals surface area contributed by atoms with E-state index in [1.807, 2.05) is 6.92 Å². The van der Waals surface area contributed by atoms with E-state index in [0.29, 0.717) is 51.5 Å². The van der Waals surface area contributed by atoms with Gasteiger partial charge in [0.05, 0.1) is 11.5 Å². The Morgan fingerprint density at radius 3 is 2.71 bits per heavy atom. The fourth-order valence-corrected chi connectivity index (χ4v) is 4.30. The maximum Gasteiger partial charge on any atom is 0.266 e. The average molecular weight is 445 g/mol. The number of fused-ring (bicyclic) bond motifs is 1. The molecule has 31 heavy (non-hydrogen) atoms. The van der Waals surface area contributed by atoms with E-state index in [9.17, 15) is 14.0 Å². The van der Waals surface area contributed by atoms with E-state index in [1.165, 1.54) is 24.5 Å². The van der Waals surface area contributed by atoms with E-state index in [1.54, 1.807) is 36.4 Å². The summed E-state index contributed by atoms with van der Waals surface area (Å²) in [4.78, 5) is 25.7. The lowest BCUT2D eigenvalue weighted by Crippen LogP contribution is -2.25. The molecule has 6 nitrogen and oxygen atoms in total. The lowest BCUT2D eigenvalue weighted by Gasteiger charge is -2.09. The molecule has 3 rings (SSSR count). The molecule has 1 aromatic heterocycles. The number of carbonyl (C=O) groups excluding carboxylic acids is 2. The second-order valence-electron chi connectivity index (χ2n) is 6.80. The van der Waals surface area contributed by atoms with Crippen molar-refractivity contribution in [2.75, 3.05) is 32.2 Å². The van der Waals surface area contributed by atoms with Crippen LogP contribution in [0.5, 0.6) is 0 Å². The normalized spacial score (nSPS) is 10.9. The van der Waals surface area contributed by atoms with Crippen LogP contribution in [0.3, 0.4) is 0 Å². The first-order chi connectivity index (χ1) is 15.0. The molecule has 8 heteroatoms. The van der Waals surface area contributed by atoms with Gasteiger partial charge >= 0.3 is 0 Å². The summed E-state index contributed by atoms with van der Waals surface area (Å²) in [6.07, 6.45) is 0.723. The number of anilines is 1. The minimum Gasteiger partial charge on any atom is -0.382 e. The molecule has 0 aliphatic carbocycles. The van der Waals surface area contributed by atoms with E-state index in [0.717, 1.165) is 6.42 Å². The number of rotatable bonds is 10. The number of hydrogen-bond donors (Lipinski definition) is 2. The van der Waals surface area contributed by atoms with Crippen LogP contribution in [0.2, 0.25) is 0 Å². The Kier molecular flexibility index (Phi) is 8.11. The molecule has 164 valence electrons. The monoisotopic (exact) mass is 444 g/mol. The van der Waals surface area contributed by atoms with Crippen LogP contribution in [0.15, 0.2) is 42.5 Å². The summed E-state index contributed by atoms with van der Waals surface area (Å²) < 4.78 is 25.5. The third kappa shape index (κ3) is 5.66. The summed E-state index contributed by atoms with van der Waals surface area (Å²) in [6, 6.07) is 11.4. The van der Waals surface area contributed by atoms with Crippen molar-refractivity contribution in [2.24, 2.45) is 0 Å². The van der Waals surface area contributed by atoms with Gasteiger partial charge in [0, 0.05) is 53.8 Å². The molecule has 0 atom stereocenters. The van der Waals surface area contributed by atoms with E-state index < -0.39 is 0 Å². The second kappa shape index (κ2) is 11.0. The molecule has 0 radical (unpaired) electrons. The molecular weight excluding hydrogens is 419 g/mol. The molecule has 0 bridgehead atoms. The Hall–Kier alpha value is -2.81. The van der Waals surface area contributed by atoms with Crippen molar-refractivity contribution in [1.82, 2.24) is 5.32 Å². The first-order valence-corrected chi connectivity index (χ1v) is 10.8. The fraction of sp³-hybridized carbons (Fsp3) is 0.304. The van der Waals surface area contributed by atoms with Gasteiger partial charge in [-0.25, -0.2) is 4.39 Å². The molecule has 2 amide bonds. The zero-order valence-electron chi connectivity index (χ0n) is 17.5. The van der Waals surface area contributed by atoms with Crippen molar-refractivity contribution in [2.45, 2.75) is 20.0 Å². The van der Waals surface area contributed by atoms with Gasteiger partial charge in [-0.15, -0.1) is 11.3 Å². The van der Waals surface area contributed by atoms with Crippen LogP contribution in [0, 0.1) is 5.82 Å². The van der Waals surface area contributed by atoms with Gasteiger partial charge in [0.15, 0.2) is 0 Å². The number of amides is 2. The van der Waals surface area contributed by atoms with E-state index in [-0.39, 0.29) is 24.2 Å². The van der Waals surface area contributed by atoms with Crippen LogP contribution < -0.4 is 10.6 Å². The van der Waals surface area contributed by atoms with Gasteiger partial charge in [0.1, 0.15) is 5.82 Å². The number of thiophene rings is 1. The Bertz CT molecular complexity index is 1070. The minimum atomic E-state index is -0.386. The number of benzene rings is 2. The van der Waals surface area contributed by atoms with E-state index in [2.05, 4.69) is 10.6 Å². The fourth-order valence-electron chi connectivity index (χ4n) is 3.18. The highest BCUT2D eigenvalue weighted by atomic mass is 32.1. The number of carbonyl (C=O) groups is 2. The van der Waals surface area contributed by atoms with Crippen molar-refractivity contribution >= 4 is 38.9 Å². The van der Waals surface area contributed by atoms with E-state index in [4.69, 9.17) is 9.47 Å². The average Bonchev–Trinajstić information content (AvgIpc) is 3.14. The number of halogens is 1. The number of nitrogens with one attached hydrogen (secondary N) is 2. The quantitative estimate of drug-likeness (QED) is 0.448. The molecule has 0 aliphatic heterocycles. The molecule has 0 spiro atoms. The largest absolute Gasteiger partial charge is 0.382 e. The van der Waals surface area contributed by atoms with Crippen LogP contribution >= 0.6 is 11.3 Å². The van der Waals surface area contributed by atoms with Crippen molar-refractivity contribution in [3.63, 3.8) is 0 Å². The summed E-state index contributed by atoms with van der Waals surface area (Å²) in [5.41, 5.74) is 1.43. The predicted molar refractivity (Wildman–Crippen MR) is 120 cm³/mol. The Labute approximate surface area is 184 Å². The Morgan fingerprint density at radius 2 is 1.94 bits per heavy atom. The van der Waals surface area contributed by atoms with Crippen molar-refractivity contribution < 1.29 is 23.5 Å². The molecule has 0 saturated carbocycles. The molecule has 0 unspecified atom stereocenters. The van der Waals surface area contributed by atoms with Gasteiger partial charge in [0.25, 0.3) is 11.8 Å². The molecule has 0 fully saturated rings. The maximum absolute atomic E-state index is 14.4. The first-order valence-electron chi connectivity index (χ1n) is 10.0. The van der Waals surface area contributed by atoms with Crippen molar-refractivity contribution in [3.8, 4) is 0 Å². The third-order valence-corrected chi connectivity index (χ3v) is 5.79. The molecular formula is C23H25FN2O4S. The van der Waals surface area contributed by atoms with Gasteiger partial charge in [-0.1, -0.05) is 12.1 Å². The lowest BCUT2D eigenvalue weighted by atomic mass is 10.1. The summed E-state index contributed by atoms with van der Waals surface area (Å²) in [7, 11) is 1.50. The van der Waals surface area contributed by atoms with Crippen LogP contribution in [0.4, 0.5) is 10.1 Å². The molecule has 2 N–H and O–H groups in total. The first kappa shape index (κ1) is 22.9. The lowest BCUT2D eigenvalue weighted by molar-refractivity contribution is 0.0943. The zero-order chi connectivity index (χ0) is 22.2. The number of ether oxygens (including phenoxy) is 2. The summed E-state index contributed by atoms with van der Waals surface area (Å²) in [6.45, 7) is 3.78.